The van der Waals surface area contributed by atoms with E-state index in [9.17, 15) is 0 Å². The summed E-state index contributed by atoms with van der Waals surface area (Å²) in [5, 5.41) is 3.51. The highest BCUT2D eigenvalue weighted by Crippen LogP contribution is 2.26. The monoisotopic (exact) mass is 410 g/mol. The van der Waals surface area contributed by atoms with Crippen LogP contribution < -0.4 is 5.32 Å². The molecule has 3 aliphatic heterocycles. The van der Waals surface area contributed by atoms with Crippen molar-refractivity contribution in [1.82, 2.24) is 15.1 Å². The van der Waals surface area contributed by atoms with Crippen LogP contribution in [0.15, 0.2) is 4.99 Å². The molecule has 0 spiro atoms. The fourth-order valence-corrected chi connectivity index (χ4v) is 4.56. The second-order valence-electron chi connectivity index (χ2n) is 8.91. The number of hydrogen-bond donors (Lipinski definition) is 1. The smallest absolute Gasteiger partial charge is 0.193 e. The highest BCUT2D eigenvalue weighted by molar-refractivity contribution is 5.80. The quantitative estimate of drug-likeness (QED) is 0.512. The largest absolute Gasteiger partial charge is 0.381 e. The lowest BCUT2D eigenvalue weighted by atomic mass is 9.89. The molecule has 3 fully saturated rings. The van der Waals surface area contributed by atoms with Crippen molar-refractivity contribution in [2.24, 2.45) is 4.99 Å². The van der Waals surface area contributed by atoms with Crippen LogP contribution in [0.3, 0.4) is 0 Å². The van der Waals surface area contributed by atoms with E-state index in [0.717, 1.165) is 90.7 Å². The molecule has 0 amide bonds. The zero-order valence-electron chi connectivity index (χ0n) is 18.8. The van der Waals surface area contributed by atoms with Crippen molar-refractivity contribution in [3.05, 3.63) is 0 Å². The Kier molecular flexibility index (Phi) is 9.03. The average Bonchev–Trinajstić information content (AvgIpc) is 2.77. The summed E-state index contributed by atoms with van der Waals surface area (Å²) in [7, 11) is 4.35. The van der Waals surface area contributed by atoms with Gasteiger partial charge in [-0.3, -0.25) is 4.99 Å². The van der Waals surface area contributed by atoms with Crippen LogP contribution in [0.2, 0.25) is 0 Å². The fourth-order valence-electron chi connectivity index (χ4n) is 4.56. The van der Waals surface area contributed by atoms with E-state index in [-0.39, 0.29) is 5.54 Å². The topological polar surface area (TPSA) is 58.6 Å². The summed E-state index contributed by atoms with van der Waals surface area (Å²) >= 11 is 0. The van der Waals surface area contributed by atoms with Crippen molar-refractivity contribution < 1.29 is 14.2 Å². The molecular weight excluding hydrogens is 368 g/mol. The van der Waals surface area contributed by atoms with Gasteiger partial charge in [0.1, 0.15) is 0 Å². The molecule has 0 aromatic rings. The molecule has 3 aliphatic rings. The van der Waals surface area contributed by atoms with Crippen molar-refractivity contribution in [3.8, 4) is 0 Å². The molecule has 168 valence electrons. The maximum Gasteiger partial charge on any atom is 0.193 e. The minimum absolute atomic E-state index is 0.111. The van der Waals surface area contributed by atoms with E-state index in [1.807, 2.05) is 0 Å². The third kappa shape index (κ3) is 6.54. The summed E-state index contributed by atoms with van der Waals surface area (Å²) in [6.07, 6.45) is 8.48. The Bertz CT molecular complexity index is 494. The number of nitrogens with one attached hydrogen (secondary N) is 1. The van der Waals surface area contributed by atoms with Crippen LogP contribution in [0, 0.1) is 0 Å². The number of ether oxygens (including phenoxy) is 3. The molecule has 29 heavy (non-hydrogen) atoms. The van der Waals surface area contributed by atoms with Gasteiger partial charge in [0.2, 0.25) is 0 Å². The van der Waals surface area contributed by atoms with E-state index >= 15 is 0 Å². The van der Waals surface area contributed by atoms with Crippen molar-refractivity contribution >= 4 is 5.96 Å². The summed E-state index contributed by atoms with van der Waals surface area (Å²) in [5.41, 5.74) is 0.111. The van der Waals surface area contributed by atoms with Gasteiger partial charge in [-0.2, -0.15) is 0 Å². The third-order valence-electron chi connectivity index (χ3n) is 6.76. The van der Waals surface area contributed by atoms with E-state index in [2.05, 4.69) is 36.1 Å². The standard InChI is InChI=1S/C22H42N4O3/c1-4-23-21(24-18-22(25(2)3)10-15-27-16-11-22)26-12-8-19(9-13-26)29-17-20-7-5-6-14-28-20/h19-20H,4-18H2,1-3H3,(H,23,24). The van der Waals surface area contributed by atoms with Gasteiger partial charge in [-0.1, -0.05) is 0 Å². The van der Waals surface area contributed by atoms with Gasteiger partial charge in [-0.25, -0.2) is 0 Å². The molecule has 1 unspecified atom stereocenters. The first-order chi connectivity index (χ1) is 14.1. The van der Waals surface area contributed by atoms with Gasteiger partial charge in [0, 0.05) is 45.0 Å². The molecule has 0 saturated carbocycles. The Morgan fingerprint density at radius 3 is 2.52 bits per heavy atom. The lowest BCUT2D eigenvalue weighted by molar-refractivity contribution is -0.0721. The van der Waals surface area contributed by atoms with E-state index in [1.165, 1.54) is 12.8 Å². The molecule has 1 N–H and O–H groups in total. The van der Waals surface area contributed by atoms with Crippen LogP contribution in [-0.4, -0.2) is 100 Å². The zero-order chi connectivity index (χ0) is 20.5. The first-order valence-corrected chi connectivity index (χ1v) is 11.6. The predicted octanol–water partition coefficient (Wildman–Crippen LogP) is 2.11. The molecule has 3 saturated heterocycles. The van der Waals surface area contributed by atoms with Gasteiger partial charge in [0.05, 0.1) is 25.4 Å². The minimum Gasteiger partial charge on any atom is -0.381 e. The number of piperidine rings is 1. The molecule has 0 radical (unpaired) electrons. The van der Waals surface area contributed by atoms with Crippen LogP contribution >= 0.6 is 0 Å². The third-order valence-corrected chi connectivity index (χ3v) is 6.76. The minimum atomic E-state index is 0.111. The van der Waals surface area contributed by atoms with Gasteiger partial charge in [0.25, 0.3) is 0 Å². The highest BCUT2D eigenvalue weighted by atomic mass is 16.5. The Balaban J connectivity index is 1.49. The predicted molar refractivity (Wildman–Crippen MR) is 117 cm³/mol. The van der Waals surface area contributed by atoms with Crippen molar-refractivity contribution in [2.75, 3.05) is 66.7 Å². The van der Waals surface area contributed by atoms with Crippen molar-refractivity contribution in [1.29, 1.82) is 0 Å². The molecule has 1 atom stereocenters. The number of likely N-dealkylation sites (N-methyl/N-ethyl adjacent to an activating group) is 1. The maximum absolute atomic E-state index is 6.18. The van der Waals surface area contributed by atoms with Crippen LogP contribution in [0.1, 0.15) is 51.9 Å². The van der Waals surface area contributed by atoms with Crippen LogP contribution in [0.25, 0.3) is 0 Å². The number of rotatable bonds is 7. The van der Waals surface area contributed by atoms with Crippen LogP contribution in [0.4, 0.5) is 0 Å². The Morgan fingerprint density at radius 1 is 1.14 bits per heavy atom. The lowest BCUT2D eigenvalue weighted by Gasteiger charge is -2.42. The summed E-state index contributed by atoms with van der Waals surface area (Å²) in [4.78, 5) is 9.82. The molecule has 3 heterocycles. The highest BCUT2D eigenvalue weighted by Gasteiger charge is 2.35. The molecule has 3 rings (SSSR count). The number of guanidine groups is 1. The van der Waals surface area contributed by atoms with E-state index in [1.54, 1.807) is 0 Å². The number of aliphatic imine (C=N–C) groups is 1. The second-order valence-corrected chi connectivity index (χ2v) is 8.91. The maximum atomic E-state index is 6.18. The Hall–Kier alpha value is -0.890. The van der Waals surface area contributed by atoms with E-state index in [0.29, 0.717) is 12.2 Å². The van der Waals surface area contributed by atoms with Crippen LogP contribution in [-0.2, 0) is 14.2 Å². The lowest BCUT2D eigenvalue weighted by Crippen LogP contribution is -2.52. The van der Waals surface area contributed by atoms with E-state index in [4.69, 9.17) is 19.2 Å². The average molecular weight is 411 g/mol. The van der Waals surface area contributed by atoms with Gasteiger partial charge in [-0.15, -0.1) is 0 Å². The zero-order valence-corrected chi connectivity index (χ0v) is 18.8. The van der Waals surface area contributed by atoms with Crippen LogP contribution in [0.5, 0.6) is 0 Å². The molecule has 0 bridgehead atoms. The molecule has 0 aromatic heterocycles. The van der Waals surface area contributed by atoms with Gasteiger partial charge >= 0.3 is 0 Å². The fraction of sp³-hybridized carbons (Fsp3) is 0.955. The summed E-state index contributed by atoms with van der Waals surface area (Å²) < 4.78 is 17.6. The first kappa shape index (κ1) is 22.8. The number of likely N-dealkylation sites (tertiary alicyclic amines) is 1. The van der Waals surface area contributed by atoms with Gasteiger partial charge in [-0.05, 0) is 66.0 Å². The molecular formula is C22H42N4O3. The Labute approximate surface area is 177 Å². The number of hydrogen-bond acceptors (Lipinski definition) is 5. The molecule has 7 nitrogen and oxygen atoms in total. The van der Waals surface area contributed by atoms with Crippen molar-refractivity contribution in [2.45, 2.75) is 69.6 Å². The SMILES string of the molecule is CCNC(=NCC1(N(C)C)CCOCC1)N1CCC(OCC2CCCCO2)CC1. The molecule has 0 aromatic carbocycles. The molecule has 7 heteroatoms. The summed E-state index contributed by atoms with van der Waals surface area (Å²) in [6, 6.07) is 0. The first-order valence-electron chi connectivity index (χ1n) is 11.6. The van der Waals surface area contributed by atoms with Crippen molar-refractivity contribution in [3.63, 3.8) is 0 Å². The molecule has 0 aliphatic carbocycles. The Morgan fingerprint density at radius 2 is 1.90 bits per heavy atom. The van der Waals surface area contributed by atoms with Gasteiger partial charge < -0.3 is 29.3 Å². The number of nitrogens with zero attached hydrogens (tertiary/aromatic N) is 3. The summed E-state index contributed by atoms with van der Waals surface area (Å²) in [5.74, 6) is 1.05. The summed E-state index contributed by atoms with van der Waals surface area (Å²) in [6.45, 7) is 9.18. The second kappa shape index (κ2) is 11.5. The van der Waals surface area contributed by atoms with E-state index < -0.39 is 0 Å². The normalized spacial score (nSPS) is 26.7. The van der Waals surface area contributed by atoms with Gasteiger partial charge in [0.15, 0.2) is 5.96 Å².